The molecule has 3 amide bonds. The number of nitrogens with one attached hydrogen (secondary N) is 3. The summed E-state index contributed by atoms with van der Waals surface area (Å²) in [5.41, 5.74) is 6.18. The Morgan fingerprint density at radius 3 is 2.46 bits per heavy atom. The Hall–Kier alpha value is -5.30. The molecule has 1 atom stereocenters. The van der Waals surface area contributed by atoms with Gasteiger partial charge in [0.05, 0.1) is 38.7 Å². The summed E-state index contributed by atoms with van der Waals surface area (Å²) in [6.45, 7) is 7.34. The number of halogens is 1. The number of methoxy groups -OCH3 is 2. The highest BCUT2D eigenvalue weighted by Gasteiger charge is 2.32. The van der Waals surface area contributed by atoms with E-state index in [2.05, 4.69) is 43.7 Å². The molecule has 4 rings (SSSR count). The first-order chi connectivity index (χ1) is 23.2. The summed E-state index contributed by atoms with van der Waals surface area (Å²) < 4.78 is 29.1. The van der Waals surface area contributed by atoms with E-state index in [-0.39, 0.29) is 24.5 Å². The van der Waals surface area contributed by atoms with Gasteiger partial charge in [0.25, 0.3) is 5.91 Å². The third-order valence-corrected chi connectivity index (χ3v) is 7.61. The van der Waals surface area contributed by atoms with Gasteiger partial charge in [0, 0.05) is 15.7 Å². The molecule has 1 heterocycles. The second-order valence-corrected chi connectivity index (χ2v) is 11.3. The Kier molecular flexibility index (Phi) is 12.6. The van der Waals surface area contributed by atoms with Crippen LogP contribution in [0.15, 0.2) is 88.1 Å². The Labute approximate surface area is 287 Å². The molecule has 1 aliphatic heterocycles. The lowest BCUT2D eigenvalue weighted by atomic mass is 9.95. The minimum Gasteiger partial charge on any atom is -0.493 e. The number of rotatable bonds is 15. The molecule has 48 heavy (non-hydrogen) atoms. The van der Waals surface area contributed by atoms with Crippen molar-refractivity contribution in [3.63, 3.8) is 0 Å². The maximum atomic E-state index is 12.7. The molecular formula is C35H37BrN4O8. The smallest absolute Gasteiger partial charge is 0.338 e. The van der Waals surface area contributed by atoms with E-state index in [0.29, 0.717) is 47.1 Å². The molecule has 3 aromatic carbocycles. The first kappa shape index (κ1) is 35.6. The molecule has 0 radical (unpaired) electrons. The summed E-state index contributed by atoms with van der Waals surface area (Å²) in [4.78, 5) is 37.4. The number of hydrogen-bond donors (Lipinski definition) is 3. The number of hydrogen-bond acceptors (Lipinski definition) is 9. The van der Waals surface area contributed by atoms with Gasteiger partial charge in [0.15, 0.2) is 29.6 Å². The molecule has 0 saturated heterocycles. The highest BCUT2D eigenvalue weighted by molar-refractivity contribution is 9.10. The minimum atomic E-state index is -0.781. The van der Waals surface area contributed by atoms with E-state index < -0.39 is 23.9 Å². The first-order valence-corrected chi connectivity index (χ1v) is 15.7. The van der Waals surface area contributed by atoms with Crippen LogP contribution in [-0.4, -0.2) is 51.6 Å². The summed E-state index contributed by atoms with van der Waals surface area (Å²) >= 11 is 3.44. The van der Waals surface area contributed by atoms with E-state index in [1.54, 1.807) is 51.3 Å². The third kappa shape index (κ3) is 9.16. The highest BCUT2D eigenvalue weighted by Crippen LogP contribution is 2.35. The highest BCUT2D eigenvalue weighted by atomic mass is 79.9. The lowest BCUT2D eigenvalue weighted by Crippen LogP contribution is -2.45. The monoisotopic (exact) mass is 720 g/mol. The summed E-state index contributed by atoms with van der Waals surface area (Å²) in [6, 6.07) is 15.1. The molecule has 13 heteroatoms. The van der Waals surface area contributed by atoms with Crippen molar-refractivity contribution in [2.45, 2.75) is 32.9 Å². The van der Waals surface area contributed by atoms with Crippen LogP contribution in [0.4, 0.5) is 4.79 Å². The van der Waals surface area contributed by atoms with Crippen molar-refractivity contribution in [1.82, 2.24) is 16.1 Å². The molecule has 0 bridgehead atoms. The Morgan fingerprint density at radius 2 is 1.77 bits per heavy atom. The van der Waals surface area contributed by atoms with Crippen LogP contribution in [0.25, 0.3) is 0 Å². The summed E-state index contributed by atoms with van der Waals surface area (Å²) in [6.07, 6.45) is 3.78. The van der Waals surface area contributed by atoms with Crippen molar-refractivity contribution in [3.05, 3.63) is 105 Å². The molecule has 0 aromatic heterocycles. The van der Waals surface area contributed by atoms with Crippen molar-refractivity contribution in [1.29, 1.82) is 0 Å². The third-order valence-electron chi connectivity index (χ3n) is 7.08. The Balaban J connectivity index is 1.41. The number of carbonyl (C=O) groups is 3. The van der Waals surface area contributed by atoms with Crippen LogP contribution in [0, 0.1) is 0 Å². The van der Waals surface area contributed by atoms with Crippen molar-refractivity contribution < 1.29 is 38.1 Å². The number of amides is 3. The maximum absolute atomic E-state index is 12.7. The van der Waals surface area contributed by atoms with Crippen LogP contribution in [0.5, 0.6) is 23.0 Å². The molecular weight excluding hydrogens is 684 g/mol. The van der Waals surface area contributed by atoms with E-state index in [1.807, 2.05) is 30.3 Å². The summed E-state index contributed by atoms with van der Waals surface area (Å²) in [7, 11) is 3.00. The molecule has 3 aromatic rings. The molecule has 1 aliphatic rings. The second kappa shape index (κ2) is 17.0. The SMILES string of the molecule is C=CCc1cc(/C=N\NC(=O)COc2ccc([C@H]3NC(=O)NC(C)=C3C(=O)OCC)cc2OC)cc(OC)c1OCc1ccc(Br)cc1. The molecule has 0 fully saturated rings. The maximum Gasteiger partial charge on any atom is 0.338 e. The predicted octanol–water partition coefficient (Wildman–Crippen LogP) is 5.49. The molecule has 0 unspecified atom stereocenters. The molecule has 0 saturated carbocycles. The molecule has 252 valence electrons. The number of carbonyl (C=O) groups excluding carboxylic acids is 3. The van der Waals surface area contributed by atoms with Gasteiger partial charge in [-0.25, -0.2) is 15.0 Å². The standard InChI is InChI=1S/C35H37BrN4O8/c1-6-8-25-15-23(16-29(45-5)33(25)48-19-22-9-12-26(36)13-10-22)18-37-40-30(41)20-47-27-14-11-24(17-28(27)44-4)32-31(34(42)46-7-2)21(3)38-35(43)39-32/h6,9-18,32H,1,7-8,19-20H2,2-5H3,(H,40,41)(H2,38,39,43)/b37-18-/t32-/m1/s1. The fourth-order valence-corrected chi connectivity index (χ4v) is 5.14. The predicted molar refractivity (Wildman–Crippen MR) is 183 cm³/mol. The van der Waals surface area contributed by atoms with Crippen molar-refractivity contribution in [2.75, 3.05) is 27.4 Å². The van der Waals surface area contributed by atoms with Gasteiger partial charge in [-0.1, -0.05) is 40.2 Å². The van der Waals surface area contributed by atoms with E-state index in [1.165, 1.54) is 13.3 Å². The number of hydrazone groups is 1. The fourth-order valence-electron chi connectivity index (χ4n) is 4.88. The topological polar surface area (TPSA) is 146 Å². The molecule has 3 N–H and O–H groups in total. The van der Waals surface area contributed by atoms with Gasteiger partial charge in [-0.05, 0) is 73.4 Å². The largest absolute Gasteiger partial charge is 0.493 e. The van der Waals surface area contributed by atoms with Gasteiger partial charge in [-0.3, -0.25) is 4.79 Å². The summed E-state index contributed by atoms with van der Waals surface area (Å²) in [5.74, 6) is 0.612. The molecule has 0 aliphatic carbocycles. The van der Waals surface area contributed by atoms with Crippen LogP contribution in [0.1, 0.15) is 42.1 Å². The van der Waals surface area contributed by atoms with Crippen LogP contribution in [0.2, 0.25) is 0 Å². The number of benzene rings is 3. The minimum absolute atomic E-state index is 0.179. The zero-order valence-electron chi connectivity index (χ0n) is 27.1. The first-order valence-electron chi connectivity index (χ1n) is 14.9. The zero-order valence-corrected chi connectivity index (χ0v) is 28.6. The van der Waals surface area contributed by atoms with Crippen molar-refractivity contribution in [3.8, 4) is 23.0 Å². The second-order valence-electron chi connectivity index (χ2n) is 10.4. The van der Waals surface area contributed by atoms with Crippen LogP contribution >= 0.6 is 15.9 Å². The Morgan fingerprint density at radius 1 is 1.02 bits per heavy atom. The fraction of sp³-hybridized carbons (Fsp3) is 0.257. The van der Waals surface area contributed by atoms with Crippen LogP contribution < -0.4 is 35.0 Å². The molecule has 12 nitrogen and oxygen atoms in total. The van der Waals surface area contributed by atoms with Crippen LogP contribution in [-0.2, 0) is 27.4 Å². The number of esters is 1. The quantitative estimate of drug-likeness (QED) is 0.0809. The zero-order chi connectivity index (χ0) is 34.6. The number of nitrogens with zero attached hydrogens (tertiary/aromatic N) is 1. The lowest BCUT2D eigenvalue weighted by Gasteiger charge is -2.28. The average molecular weight is 722 g/mol. The van der Waals surface area contributed by atoms with E-state index in [0.717, 1.165) is 15.6 Å². The van der Waals surface area contributed by atoms with Gasteiger partial charge in [0.1, 0.15) is 6.61 Å². The normalized spacial score (nSPS) is 14.1. The van der Waals surface area contributed by atoms with Gasteiger partial charge < -0.3 is 34.3 Å². The van der Waals surface area contributed by atoms with E-state index in [4.69, 9.17) is 23.7 Å². The molecule has 0 spiro atoms. The van der Waals surface area contributed by atoms with E-state index in [9.17, 15) is 14.4 Å². The number of urea groups is 1. The van der Waals surface area contributed by atoms with Gasteiger partial charge >= 0.3 is 12.0 Å². The lowest BCUT2D eigenvalue weighted by molar-refractivity contribution is -0.139. The van der Waals surface area contributed by atoms with Crippen molar-refractivity contribution >= 4 is 40.1 Å². The number of allylic oxidation sites excluding steroid dienone is 2. The van der Waals surface area contributed by atoms with E-state index >= 15 is 0 Å². The summed E-state index contributed by atoms with van der Waals surface area (Å²) in [5, 5.41) is 9.41. The Bertz CT molecular complexity index is 1720. The van der Waals surface area contributed by atoms with Crippen molar-refractivity contribution in [2.24, 2.45) is 5.10 Å². The van der Waals surface area contributed by atoms with Gasteiger partial charge in [-0.2, -0.15) is 5.10 Å². The van der Waals surface area contributed by atoms with Gasteiger partial charge in [0.2, 0.25) is 0 Å². The van der Waals surface area contributed by atoms with Crippen LogP contribution in [0.3, 0.4) is 0 Å². The number of ether oxygens (including phenoxy) is 5. The average Bonchev–Trinajstić information content (AvgIpc) is 3.07. The van der Waals surface area contributed by atoms with Gasteiger partial charge in [-0.15, -0.1) is 6.58 Å².